The van der Waals surface area contributed by atoms with Crippen LogP contribution in [0.25, 0.3) is 0 Å². The highest BCUT2D eigenvalue weighted by molar-refractivity contribution is 7.99. The molecule has 19 heavy (non-hydrogen) atoms. The minimum atomic E-state index is 0.125. The standard InChI is InChI=1S/C15H25ClN2S/c1-4-18(5-2)9-10-19-15(12(3)17)13-7-6-8-14(16)11-13/h6-8,11-12,15H,4-5,9-10,17H2,1-3H3. The van der Waals surface area contributed by atoms with Gasteiger partial charge in [0.25, 0.3) is 0 Å². The van der Waals surface area contributed by atoms with Crippen molar-refractivity contribution >= 4 is 23.4 Å². The smallest absolute Gasteiger partial charge is 0.0446 e. The molecule has 2 nitrogen and oxygen atoms in total. The van der Waals surface area contributed by atoms with E-state index in [1.54, 1.807) is 0 Å². The van der Waals surface area contributed by atoms with Crippen LogP contribution in [0.2, 0.25) is 5.02 Å². The number of nitrogens with two attached hydrogens (primary N) is 1. The average Bonchev–Trinajstić information content (AvgIpc) is 2.38. The number of hydrogen-bond acceptors (Lipinski definition) is 3. The lowest BCUT2D eigenvalue weighted by Crippen LogP contribution is -2.27. The first-order chi connectivity index (χ1) is 9.08. The molecule has 0 amide bonds. The second kappa shape index (κ2) is 8.85. The molecule has 0 saturated carbocycles. The van der Waals surface area contributed by atoms with Gasteiger partial charge in [-0.3, -0.25) is 0 Å². The van der Waals surface area contributed by atoms with Gasteiger partial charge >= 0.3 is 0 Å². The van der Waals surface area contributed by atoms with Crippen LogP contribution in [-0.4, -0.2) is 36.3 Å². The van der Waals surface area contributed by atoms with Crippen molar-refractivity contribution in [2.75, 3.05) is 25.4 Å². The van der Waals surface area contributed by atoms with E-state index in [4.69, 9.17) is 17.3 Å². The summed E-state index contributed by atoms with van der Waals surface area (Å²) < 4.78 is 0. The van der Waals surface area contributed by atoms with Crippen molar-refractivity contribution in [3.05, 3.63) is 34.9 Å². The monoisotopic (exact) mass is 300 g/mol. The lowest BCUT2D eigenvalue weighted by molar-refractivity contribution is 0.323. The Morgan fingerprint density at radius 2 is 2.00 bits per heavy atom. The first-order valence-corrected chi connectivity index (χ1v) is 8.36. The fraction of sp³-hybridized carbons (Fsp3) is 0.600. The van der Waals surface area contributed by atoms with E-state index in [0.717, 1.165) is 30.4 Å². The Kier molecular flexibility index (Phi) is 7.84. The summed E-state index contributed by atoms with van der Waals surface area (Å²) in [5, 5.41) is 1.10. The zero-order chi connectivity index (χ0) is 14.3. The summed E-state index contributed by atoms with van der Waals surface area (Å²) in [5.74, 6) is 1.10. The lowest BCUT2D eigenvalue weighted by Gasteiger charge is -2.23. The van der Waals surface area contributed by atoms with Crippen LogP contribution in [-0.2, 0) is 0 Å². The van der Waals surface area contributed by atoms with Crippen LogP contribution in [0.1, 0.15) is 31.6 Å². The van der Waals surface area contributed by atoms with Gasteiger partial charge in [-0.25, -0.2) is 0 Å². The molecule has 4 heteroatoms. The molecule has 0 aliphatic rings. The maximum Gasteiger partial charge on any atom is 0.0446 e. The largest absolute Gasteiger partial charge is 0.327 e. The molecule has 0 aliphatic carbocycles. The van der Waals surface area contributed by atoms with Gasteiger partial charge in [-0.15, -0.1) is 0 Å². The molecule has 0 spiro atoms. The summed E-state index contributed by atoms with van der Waals surface area (Å²) >= 11 is 7.99. The van der Waals surface area contributed by atoms with Crippen LogP contribution in [0.3, 0.4) is 0 Å². The average molecular weight is 301 g/mol. The molecule has 2 atom stereocenters. The van der Waals surface area contributed by atoms with Gasteiger partial charge in [-0.2, -0.15) is 11.8 Å². The van der Waals surface area contributed by atoms with Crippen LogP contribution in [0, 0.1) is 0 Å². The molecule has 0 bridgehead atoms. The molecule has 1 rings (SSSR count). The predicted octanol–water partition coefficient (Wildman–Crippen LogP) is 3.80. The molecule has 0 fully saturated rings. The van der Waals surface area contributed by atoms with Gasteiger partial charge in [0.15, 0.2) is 0 Å². The van der Waals surface area contributed by atoms with E-state index >= 15 is 0 Å². The highest BCUT2D eigenvalue weighted by Crippen LogP contribution is 2.32. The normalized spacial score (nSPS) is 14.6. The Hall–Kier alpha value is -0.220. The molecule has 0 heterocycles. The van der Waals surface area contributed by atoms with E-state index in [9.17, 15) is 0 Å². The van der Waals surface area contributed by atoms with E-state index in [-0.39, 0.29) is 6.04 Å². The van der Waals surface area contributed by atoms with Crippen molar-refractivity contribution in [3.8, 4) is 0 Å². The zero-order valence-electron chi connectivity index (χ0n) is 12.1. The second-order valence-electron chi connectivity index (χ2n) is 4.73. The third-order valence-electron chi connectivity index (χ3n) is 3.25. The predicted molar refractivity (Wildman–Crippen MR) is 88.1 cm³/mol. The third-order valence-corrected chi connectivity index (χ3v) is 4.97. The number of thioether (sulfide) groups is 1. The van der Waals surface area contributed by atoms with Crippen molar-refractivity contribution < 1.29 is 0 Å². The highest BCUT2D eigenvalue weighted by Gasteiger charge is 2.17. The van der Waals surface area contributed by atoms with Gasteiger partial charge in [-0.05, 0) is 37.7 Å². The highest BCUT2D eigenvalue weighted by atomic mass is 35.5. The molecule has 1 aromatic rings. The van der Waals surface area contributed by atoms with Gasteiger partial charge in [0.1, 0.15) is 0 Å². The Labute approximate surface area is 126 Å². The molecule has 0 radical (unpaired) electrons. The van der Waals surface area contributed by atoms with Crippen LogP contribution in [0.5, 0.6) is 0 Å². The SMILES string of the molecule is CCN(CC)CCSC(c1cccc(Cl)c1)C(C)N. The fourth-order valence-electron chi connectivity index (χ4n) is 2.08. The maximum atomic E-state index is 6.12. The maximum absolute atomic E-state index is 6.12. The van der Waals surface area contributed by atoms with Crippen molar-refractivity contribution in [3.63, 3.8) is 0 Å². The van der Waals surface area contributed by atoms with E-state index in [1.165, 1.54) is 5.56 Å². The lowest BCUT2D eigenvalue weighted by atomic mass is 10.1. The summed E-state index contributed by atoms with van der Waals surface area (Å²) in [6, 6.07) is 8.17. The Morgan fingerprint density at radius 1 is 1.32 bits per heavy atom. The summed E-state index contributed by atoms with van der Waals surface area (Å²) in [7, 11) is 0. The topological polar surface area (TPSA) is 29.3 Å². The van der Waals surface area contributed by atoms with E-state index in [2.05, 4.69) is 31.7 Å². The molecule has 2 N–H and O–H groups in total. The van der Waals surface area contributed by atoms with E-state index < -0.39 is 0 Å². The molecule has 0 saturated heterocycles. The first-order valence-electron chi connectivity index (χ1n) is 6.93. The van der Waals surface area contributed by atoms with Gasteiger partial charge in [0, 0.05) is 28.6 Å². The Morgan fingerprint density at radius 3 is 2.53 bits per heavy atom. The summed E-state index contributed by atoms with van der Waals surface area (Å²) in [5.41, 5.74) is 7.35. The fourth-order valence-corrected chi connectivity index (χ4v) is 3.54. The van der Waals surface area contributed by atoms with Crippen LogP contribution >= 0.6 is 23.4 Å². The van der Waals surface area contributed by atoms with Gasteiger partial charge in [0.2, 0.25) is 0 Å². The minimum absolute atomic E-state index is 0.125. The number of hydrogen-bond donors (Lipinski definition) is 1. The summed E-state index contributed by atoms with van der Waals surface area (Å²) in [4.78, 5) is 2.43. The second-order valence-corrected chi connectivity index (χ2v) is 6.42. The van der Waals surface area contributed by atoms with Crippen molar-refractivity contribution in [1.29, 1.82) is 0 Å². The third kappa shape index (κ3) is 5.74. The van der Waals surface area contributed by atoms with Gasteiger partial charge < -0.3 is 10.6 Å². The molecule has 108 valence electrons. The van der Waals surface area contributed by atoms with E-state index in [0.29, 0.717) is 5.25 Å². The molecule has 0 aromatic heterocycles. The van der Waals surface area contributed by atoms with E-state index in [1.807, 2.05) is 30.0 Å². The Bertz CT molecular complexity index is 367. The summed E-state index contributed by atoms with van der Waals surface area (Å²) in [6.45, 7) is 9.80. The quantitative estimate of drug-likeness (QED) is 0.792. The van der Waals surface area contributed by atoms with Gasteiger partial charge in [0.05, 0.1) is 0 Å². The van der Waals surface area contributed by atoms with Crippen molar-refractivity contribution in [2.24, 2.45) is 5.73 Å². The number of halogens is 1. The van der Waals surface area contributed by atoms with Gasteiger partial charge in [-0.1, -0.05) is 37.6 Å². The van der Waals surface area contributed by atoms with Crippen LogP contribution in [0.4, 0.5) is 0 Å². The molecule has 1 aromatic carbocycles. The minimum Gasteiger partial charge on any atom is -0.327 e. The van der Waals surface area contributed by atoms with Crippen LogP contribution < -0.4 is 5.73 Å². The molecule has 0 aliphatic heterocycles. The molecular weight excluding hydrogens is 276 g/mol. The Balaban J connectivity index is 2.59. The number of benzene rings is 1. The molecular formula is C15H25ClN2S. The summed E-state index contributed by atoms with van der Waals surface area (Å²) in [6.07, 6.45) is 0. The number of rotatable bonds is 8. The van der Waals surface area contributed by atoms with Crippen LogP contribution in [0.15, 0.2) is 24.3 Å². The number of nitrogens with zero attached hydrogens (tertiary/aromatic N) is 1. The van der Waals surface area contributed by atoms with Crippen molar-refractivity contribution in [2.45, 2.75) is 32.1 Å². The zero-order valence-corrected chi connectivity index (χ0v) is 13.7. The molecule has 2 unspecified atom stereocenters. The van der Waals surface area contributed by atoms with Crippen molar-refractivity contribution in [1.82, 2.24) is 4.90 Å². The first kappa shape index (κ1) is 16.8.